The third-order valence-electron chi connectivity index (χ3n) is 4.90. The fourth-order valence-electron chi connectivity index (χ4n) is 3.57. The van der Waals surface area contributed by atoms with Crippen molar-refractivity contribution in [3.63, 3.8) is 0 Å². The number of piperidine rings is 1. The number of hydrogen-bond donors (Lipinski definition) is 1. The van der Waals surface area contributed by atoms with Gasteiger partial charge in [0.15, 0.2) is 11.5 Å². The van der Waals surface area contributed by atoms with Gasteiger partial charge in [-0.3, -0.25) is 0 Å². The normalized spacial score (nSPS) is 17.9. The van der Waals surface area contributed by atoms with Crippen LogP contribution in [-0.4, -0.2) is 44.3 Å². The molecule has 1 atom stereocenters. The maximum absolute atomic E-state index is 6.14. The van der Waals surface area contributed by atoms with E-state index in [1.807, 2.05) is 19.9 Å². The zero-order valence-electron chi connectivity index (χ0n) is 14.9. The molecular weight excluding hydrogens is 288 g/mol. The number of nitrogens with two attached hydrogens (primary N) is 1. The first-order valence-electron chi connectivity index (χ1n) is 9.05. The lowest BCUT2D eigenvalue weighted by molar-refractivity contribution is 0.176. The number of likely N-dealkylation sites (tertiary alicyclic amines) is 1. The zero-order valence-corrected chi connectivity index (χ0v) is 14.9. The summed E-state index contributed by atoms with van der Waals surface area (Å²) in [7, 11) is 0. The maximum atomic E-state index is 6.14. The lowest BCUT2D eigenvalue weighted by Gasteiger charge is -2.35. The Morgan fingerprint density at radius 2 is 1.74 bits per heavy atom. The predicted octanol–water partition coefficient (Wildman–Crippen LogP) is 3.26. The standard InChI is InChI=1S/C19H32N2O2/c1-4-21-11-9-15(10-12-21)17(14-20)16-7-8-18(22-5-2)19(13-16)23-6-3/h7-8,13,15,17H,4-6,9-12,14,20H2,1-3H3. The van der Waals surface area contributed by atoms with E-state index >= 15 is 0 Å². The Labute approximate surface area is 140 Å². The molecule has 0 radical (unpaired) electrons. The van der Waals surface area contributed by atoms with Crippen LogP contribution in [0.5, 0.6) is 11.5 Å². The highest BCUT2D eigenvalue weighted by atomic mass is 16.5. The molecule has 1 unspecified atom stereocenters. The lowest BCUT2D eigenvalue weighted by Crippen LogP contribution is -2.36. The van der Waals surface area contributed by atoms with E-state index in [-0.39, 0.29) is 0 Å². The highest BCUT2D eigenvalue weighted by Gasteiger charge is 2.27. The van der Waals surface area contributed by atoms with Gasteiger partial charge in [0, 0.05) is 0 Å². The van der Waals surface area contributed by atoms with Crippen molar-refractivity contribution < 1.29 is 9.47 Å². The van der Waals surface area contributed by atoms with Crippen LogP contribution < -0.4 is 15.2 Å². The van der Waals surface area contributed by atoms with Crippen LogP contribution in [0.2, 0.25) is 0 Å². The number of ether oxygens (including phenoxy) is 2. The Bertz CT molecular complexity index is 470. The van der Waals surface area contributed by atoms with Crippen LogP contribution in [0.1, 0.15) is 45.1 Å². The van der Waals surface area contributed by atoms with E-state index in [4.69, 9.17) is 15.2 Å². The van der Waals surface area contributed by atoms with E-state index in [1.165, 1.54) is 31.5 Å². The van der Waals surface area contributed by atoms with Crippen LogP contribution >= 0.6 is 0 Å². The Morgan fingerprint density at radius 1 is 1.09 bits per heavy atom. The molecule has 130 valence electrons. The molecule has 1 aromatic carbocycles. The van der Waals surface area contributed by atoms with Crippen molar-refractivity contribution in [2.45, 2.75) is 39.5 Å². The molecule has 0 aliphatic carbocycles. The third kappa shape index (κ3) is 4.61. The van der Waals surface area contributed by atoms with Crippen LogP contribution in [0.4, 0.5) is 0 Å². The van der Waals surface area contributed by atoms with E-state index in [0.717, 1.165) is 18.0 Å². The molecule has 0 spiro atoms. The van der Waals surface area contributed by atoms with Gasteiger partial charge >= 0.3 is 0 Å². The molecule has 1 saturated heterocycles. The first kappa shape index (κ1) is 18.1. The minimum atomic E-state index is 0.406. The minimum Gasteiger partial charge on any atom is -0.490 e. The fraction of sp³-hybridized carbons (Fsp3) is 0.684. The van der Waals surface area contributed by atoms with E-state index in [0.29, 0.717) is 31.6 Å². The fourth-order valence-corrected chi connectivity index (χ4v) is 3.57. The Kier molecular flexibility index (Phi) is 7.18. The summed E-state index contributed by atoms with van der Waals surface area (Å²) in [6, 6.07) is 6.34. The number of hydrogen-bond acceptors (Lipinski definition) is 4. The Hall–Kier alpha value is -1.26. The first-order valence-corrected chi connectivity index (χ1v) is 9.05. The van der Waals surface area contributed by atoms with Crippen molar-refractivity contribution in [1.29, 1.82) is 0 Å². The molecule has 4 heteroatoms. The smallest absolute Gasteiger partial charge is 0.161 e. The molecule has 1 aromatic rings. The van der Waals surface area contributed by atoms with E-state index in [9.17, 15) is 0 Å². The van der Waals surface area contributed by atoms with Gasteiger partial charge in [0.25, 0.3) is 0 Å². The highest BCUT2D eigenvalue weighted by molar-refractivity contribution is 5.44. The third-order valence-corrected chi connectivity index (χ3v) is 4.90. The second kappa shape index (κ2) is 9.14. The summed E-state index contributed by atoms with van der Waals surface area (Å²) in [6.45, 7) is 11.7. The zero-order chi connectivity index (χ0) is 16.7. The number of benzene rings is 1. The predicted molar refractivity (Wildman–Crippen MR) is 95.4 cm³/mol. The van der Waals surface area contributed by atoms with Gasteiger partial charge in [-0.1, -0.05) is 13.0 Å². The monoisotopic (exact) mass is 320 g/mol. The quantitative estimate of drug-likeness (QED) is 0.799. The molecule has 0 saturated carbocycles. The van der Waals surface area contributed by atoms with Crippen molar-refractivity contribution in [2.24, 2.45) is 11.7 Å². The summed E-state index contributed by atoms with van der Waals surface area (Å²) in [4.78, 5) is 2.52. The molecule has 1 heterocycles. The average Bonchev–Trinajstić information content (AvgIpc) is 2.59. The molecule has 2 N–H and O–H groups in total. The molecule has 23 heavy (non-hydrogen) atoms. The summed E-state index contributed by atoms with van der Waals surface area (Å²) in [5.41, 5.74) is 7.42. The van der Waals surface area contributed by atoms with Crippen LogP contribution in [0.25, 0.3) is 0 Å². The molecular formula is C19H32N2O2. The topological polar surface area (TPSA) is 47.7 Å². The molecule has 1 aliphatic heterocycles. The van der Waals surface area contributed by atoms with Crippen molar-refractivity contribution in [2.75, 3.05) is 39.4 Å². The highest BCUT2D eigenvalue weighted by Crippen LogP contribution is 2.36. The number of nitrogens with zero attached hydrogens (tertiary/aromatic N) is 1. The van der Waals surface area contributed by atoms with Gasteiger partial charge < -0.3 is 20.1 Å². The van der Waals surface area contributed by atoms with Gasteiger partial charge in [-0.2, -0.15) is 0 Å². The van der Waals surface area contributed by atoms with Gasteiger partial charge in [0.2, 0.25) is 0 Å². The molecule has 1 fully saturated rings. The Balaban J connectivity index is 2.15. The van der Waals surface area contributed by atoms with Gasteiger partial charge in [-0.25, -0.2) is 0 Å². The average molecular weight is 320 g/mol. The van der Waals surface area contributed by atoms with Crippen LogP contribution in [0, 0.1) is 5.92 Å². The summed E-state index contributed by atoms with van der Waals surface area (Å²) in [5, 5.41) is 0. The largest absolute Gasteiger partial charge is 0.490 e. The lowest BCUT2D eigenvalue weighted by atomic mass is 9.80. The summed E-state index contributed by atoms with van der Waals surface area (Å²) >= 11 is 0. The molecule has 4 nitrogen and oxygen atoms in total. The van der Waals surface area contributed by atoms with Crippen molar-refractivity contribution in [1.82, 2.24) is 4.90 Å². The van der Waals surface area contributed by atoms with Gasteiger partial charge in [-0.15, -0.1) is 0 Å². The summed E-state index contributed by atoms with van der Waals surface area (Å²) in [6.07, 6.45) is 2.46. The van der Waals surface area contributed by atoms with Crippen LogP contribution in [0.15, 0.2) is 18.2 Å². The molecule has 0 amide bonds. The SMILES string of the molecule is CCOc1ccc(C(CN)C2CCN(CC)CC2)cc1OCC. The second-order valence-electron chi connectivity index (χ2n) is 6.19. The molecule has 0 bridgehead atoms. The second-order valence-corrected chi connectivity index (χ2v) is 6.19. The minimum absolute atomic E-state index is 0.406. The van der Waals surface area contributed by atoms with Gasteiger partial charge in [-0.05, 0) is 82.4 Å². The summed E-state index contributed by atoms with van der Waals surface area (Å²) in [5.74, 6) is 2.74. The van der Waals surface area contributed by atoms with E-state index in [1.54, 1.807) is 0 Å². The van der Waals surface area contributed by atoms with Crippen LogP contribution in [-0.2, 0) is 0 Å². The van der Waals surface area contributed by atoms with Crippen molar-refractivity contribution in [3.8, 4) is 11.5 Å². The van der Waals surface area contributed by atoms with E-state index < -0.39 is 0 Å². The number of rotatable bonds is 8. The van der Waals surface area contributed by atoms with Crippen LogP contribution in [0.3, 0.4) is 0 Å². The maximum Gasteiger partial charge on any atom is 0.161 e. The summed E-state index contributed by atoms with van der Waals surface area (Å²) < 4.78 is 11.4. The van der Waals surface area contributed by atoms with Gasteiger partial charge in [0.1, 0.15) is 0 Å². The van der Waals surface area contributed by atoms with Gasteiger partial charge in [0.05, 0.1) is 13.2 Å². The first-order chi connectivity index (χ1) is 11.2. The molecule has 1 aliphatic rings. The molecule has 0 aromatic heterocycles. The van der Waals surface area contributed by atoms with Crippen molar-refractivity contribution >= 4 is 0 Å². The van der Waals surface area contributed by atoms with Crippen molar-refractivity contribution in [3.05, 3.63) is 23.8 Å². The van der Waals surface area contributed by atoms with E-state index in [2.05, 4.69) is 24.0 Å². The molecule has 2 rings (SSSR count). The Morgan fingerprint density at radius 3 is 2.30 bits per heavy atom.